The number of aliphatic hydroxyl groups excluding tert-OH is 1. The van der Waals surface area contributed by atoms with E-state index in [9.17, 15) is 5.11 Å². The van der Waals surface area contributed by atoms with Crippen molar-refractivity contribution in [1.29, 1.82) is 0 Å². The Balaban J connectivity index is 1.71. The summed E-state index contributed by atoms with van der Waals surface area (Å²) < 4.78 is 2.26. The number of hydrogen-bond acceptors (Lipinski definition) is 4. The molecule has 3 atom stereocenters. The van der Waals surface area contributed by atoms with Gasteiger partial charge in [-0.1, -0.05) is 19.8 Å². The van der Waals surface area contributed by atoms with Crippen molar-refractivity contribution in [2.45, 2.75) is 84.0 Å². The van der Waals surface area contributed by atoms with Crippen LogP contribution in [0.2, 0.25) is 0 Å². The Morgan fingerprint density at radius 3 is 2.73 bits per heavy atom. The van der Waals surface area contributed by atoms with Gasteiger partial charge in [-0.3, -0.25) is 4.90 Å². The average Bonchev–Trinajstić information content (AvgIpc) is 3.10. The highest BCUT2D eigenvalue weighted by atomic mass is 16.3. The predicted octanol–water partition coefficient (Wildman–Crippen LogP) is 2.51. The maximum Gasteiger partial charge on any atom is 0.147 e. The van der Waals surface area contributed by atoms with E-state index in [0.29, 0.717) is 12.0 Å². The van der Waals surface area contributed by atoms with E-state index in [4.69, 9.17) is 0 Å². The van der Waals surface area contributed by atoms with E-state index in [1.165, 1.54) is 32.1 Å². The molecule has 5 heteroatoms. The van der Waals surface area contributed by atoms with Crippen molar-refractivity contribution in [1.82, 2.24) is 19.7 Å². The van der Waals surface area contributed by atoms with Crippen LogP contribution in [-0.2, 0) is 13.1 Å². The van der Waals surface area contributed by atoms with Crippen molar-refractivity contribution in [2.24, 2.45) is 5.92 Å². The van der Waals surface area contributed by atoms with E-state index >= 15 is 0 Å². The Morgan fingerprint density at radius 1 is 1.14 bits per heavy atom. The largest absolute Gasteiger partial charge is 0.393 e. The Labute approximate surface area is 133 Å². The van der Waals surface area contributed by atoms with E-state index < -0.39 is 0 Å². The van der Waals surface area contributed by atoms with Gasteiger partial charge in [-0.25, -0.2) is 0 Å². The molecular weight excluding hydrogens is 276 g/mol. The molecule has 1 aliphatic heterocycles. The number of hydrogen-bond donors (Lipinski definition) is 1. The van der Waals surface area contributed by atoms with Crippen molar-refractivity contribution in [2.75, 3.05) is 6.54 Å². The summed E-state index contributed by atoms with van der Waals surface area (Å²) in [6.07, 6.45) is 8.11. The van der Waals surface area contributed by atoms with Gasteiger partial charge in [0.25, 0.3) is 0 Å². The molecule has 0 unspecified atom stereocenters. The van der Waals surface area contributed by atoms with Crippen molar-refractivity contribution < 1.29 is 5.11 Å². The van der Waals surface area contributed by atoms with Crippen LogP contribution in [0.1, 0.15) is 63.5 Å². The fraction of sp³-hybridized carbons (Fsp3) is 0.882. The summed E-state index contributed by atoms with van der Waals surface area (Å²) in [5.41, 5.74) is 0. The van der Waals surface area contributed by atoms with E-state index in [2.05, 4.69) is 26.6 Å². The van der Waals surface area contributed by atoms with Crippen LogP contribution in [0.5, 0.6) is 0 Å². The molecule has 2 heterocycles. The third kappa shape index (κ3) is 3.20. The minimum Gasteiger partial charge on any atom is -0.393 e. The molecule has 2 fully saturated rings. The third-order valence-electron chi connectivity index (χ3n) is 5.49. The molecule has 0 radical (unpaired) electrons. The number of nitrogens with zero attached hydrogens (tertiary/aromatic N) is 4. The monoisotopic (exact) mass is 306 g/mol. The molecule has 2 aliphatic rings. The van der Waals surface area contributed by atoms with Crippen LogP contribution in [0.4, 0.5) is 0 Å². The van der Waals surface area contributed by atoms with Gasteiger partial charge in [0, 0.05) is 18.5 Å². The highest BCUT2D eigenvalue weighted by Crippen LogP contribution is 2.35. The minimum absolute atomic E-state index is 0.102. The van der Waals surface area contributed by atoms with Crippen LogP contribution in [0.15, 0.2) is 0 Å². The summed E-state index contributed by atoms with van der Waals surface area (Å²) in [5, 5.41) is 19.1. The molecule has 0 amide bonds. The topological polar surface area (TPSA) is 54.2 Å². The van der Waals surface area contributed by atoms with Gasteiger partial charge in [0.1, 0.15) is 11.6 Å². The number of aryl methyl sites for hydroxylation is 1. The molecule has 0 bridgehead atoms. The molecule has 0 aromatic carbocycles. The summed E-state index contributed by atoms with van der Waals surface area (Å²) in [6, 6.07) is 0.530. The second-order valence-electron chi connectivity index (χ2n) is 7.01. The second-order valence-corrected chi connectivity index (χ2v) is 7.01. The first-order valence-corrected chi connectivity index (χ1v) is 9.01. The summed E-state index contributed by atoms with van der Waals surface area (Å²) in [4.78, 5) is 2.55. The molecule has 5 nitrogen and oxygen atoms in total. The van der Waals surface area contributed by atoms with Gasteiger partial charge in [-0.2, -0.15) is 0 Å². The van der Waals surface area contributed by atoms with Gasteiger partial charge < -0.3 is 9.67 Å². The van der Waals surface area contributed by atoms with Gasteiger partial charge >= 0.3 is 0 Å². The zero-order valence-corrected chi connectivity index (χ0v) is 14.0. The van der Waals surface area contributed by atoms with Crippen LogP contribution in [0.3, 0.4) is 0 Å². The Hall–Kier alpha value is -0.940. The molecular formula is C17H30N4O. The number of aliphatic hydroxyl groups is 1. The number of likely N-dealkylation sites (tertiary alicyclic amines) is 1. The normalized spacial score (nSPS) is 30.0. The molecule has 1 aromatic heterocycles. The quantitative estimate of drug-likeness (QED) is 0.908. The highest BCUT2D eigenvalue weighted by molar-refractivity contribution is 4.97. The molecule has 0 spiro atoms. The van der Waals surface area contributed by atoms with Crippen LogP contribution < -0.4 is 0 Å². The van der Waals surface area contributed by atoms with E-state index in [1.54, 1.807) is 0 Å². The van der Waals surface area contributed by atoms with Gasteiger partial charge in [-0.05, 0) is 45.6 Å². The van der Waals surface area contributed by atoms with Crippen LogP contribution in [0.25, 0.3) is 0 Å². The van der Waals surface area contributed by atoms with E-state index in [0.717, 1.165) is 44.1 Å². The summed E-state index contributed by atoms with van der Waals surface area (Å²) >= 11 is 0. The fourth-order valence-electron chi connectivity index (χ4n) is 4.36. The van der Waals surface area contributed by atoms with Gasteiger partial charge in [0.15, 0.2) is 0 Å². The zero-order chi connectivity index (χ0) is 15.5. The number of aromatic nitrogens is 3. The van der Waals surface area contributed by atoms with Crippen molar-refractivity contribution in [3.05, 3.63) is 11.6 Å². The molecule has 1 N–H and O–H groups in total. The Morgan fingerprint density at radius 2 is 1.95 bits per heavy atom. The maximum atomic E-state index is 10.4. The van der Waals surface area contributed by atoms with Gasteiger partial charge in [0.2, 0.25) is 0 Å². The summed E-state index contributed by atoms with van der Waals surface area (Å²) in [5.74, 6) is 2.57. The minimum atomic E-state index is -0.102. The third-order valence-corrected chi connectivity index (χ3v) is 5.49. The molecule has 124 valence electrons. The smallest absolute Gasteiger partial charge is 0.147 e. The lowest BCUT2D eigenvalue weighted by Gasteiger charge is -2.37. The SMILES string of the molecule is CCCn1c(C)nnc1CN1CCC[C@@H]1[C@@H]1CCCC[C@@H]1O. The Kier molecular flexibility index (Phi) is 5.14. The molecule has 22 heavy (non-hydrogen) atoms. The lowest BCUT2D eigenvalue weighted by atomic mass is 9.80. The molecule has 1 saturated carbocycles. The first-order valence-electron chi connectivity index (χ1n) is 9.01. The standard InChI is InChI=1S/C17H30N4O/c1-3-10-21-13(2)18-19-17(21)12-20-11-6-8-15(20)14-7-4-5-9-16(14)22/h14-16,22H,3-12H2,1-2H3/t14-,15+,16-/m0/s1. The maximum absolute atomic E-state index is 10.4. The summed E-state index contributed by atoms with van der Waals surface area (Å²) in [7, 11) is 0. The van der Waals surface area contributed by atoms with Crippen LogP contribution in [-0.4, -0.2) is 43.5 Å². The number of rotatable bonds is 5. The second kappa shape index (κ2) is 7.09. The highest BCUT2D eigenvalue weighted by Gasteiger charge is 2.37. The lowest BCUT2D eigenvalue weighted by Crippen LogP contribution is -2.42. The average molecular weight is 306 g/mol. The van der Waals surface area contributed by atoms with Crippen molar-refractivity contribution in [3.8, 4) is 0 Å². The lowest BCUT2D eigenvalue weighted by molar-refractivity contribution is 0.0193. The van der Waals surface area contributed by atoms with Gasteiger partial charge in [0.05, 0.1) is 12.6 Å². The van der Waals surface area contributed by atoms with Crippen molar-refractivity contribution in [3.63, 3.8) is 0 Å². The van der Waals surface area contributed by atoms with Crippen LogP contribution >= 0.6 is 0 Å². The zero-order valence-electron chi connectivity index (χ0n) is 14.0. The van der Waals surface area contributed by atoms with E-state index in [1.807, 2.05) is 6.92 Å². The molecule has 3 rings (SSSR count). The van der Waals surface area contributed by atoms with Crippen molar-refractivity contribution >= 4 is 0 Å². The first-order chi connectivity index (χ1) is 10.7. The van der Waals surface area contributed by atoms with Crippen LogP contribution in [0, 0.1) is 12.8 Å². The first kappa shape index (κ1) is 15.9. The summed E-state index contributed by atoms with van der Waals surface area (Å²) in [6.45, 7) is 7.25. The van der Waals surface area contributed by atoms with Gasteiger partial charge in [-0.15, -0.1) is 10.2 Å². The van der Waals surface area contributed by atoms with E-state index in [-0.39, 0.29) is 6.10 Å². The molecule has 1 aliphatic carbocycles. The molecule has 1 aromatic rings. The predicted molar refractivity (Wildman–Crippen MR) is 86.4 cm³/mol. The Bertz CT molecular complexity index is 487. The fourth-order valence-corrected chi connectivity index (χ4v) is 4.36. The molecule has 1 saturated heterocycles.